The first-order valence-corrected chi connectivity index (χ1v) is 9.27. The zero-order chi connectivity index (χ0) is 19.8. The molecule has 2 heterocycles. The number of hydrogen-bond donors (Lipinski definition) is 1. The molecule has 0 radical (unpaired) electrons. The van der Waals surface area contributed by atoms with Gasteiger partial charge in [0.1, 0.15) is 12.2 Å². The summed E-state index contributed by atoms with van der Waals surface area (Å²) in [5.74, 6) is -1.31. The van der Waals surface area contributed by atoms with Crippen LogP contribution in [0.25, 0.3) is 0 Å². The Morgan fingerprint density at radius 2 is 2.08 bits per heavy atom. The molecule has 0 bridgehead atoms. The van der Waals surface area contributed by atoms with Gasteiger partial charge in [0.2, 0.25) is 21.8 Å². The van der Waals surface area contributed by atoms with Gasteiger partial charge in [0.05, 0.1) is 5.54 Å². The van der Waals surface area contributed by atoms with Crippen LogP contribution in [0.5, 0.6) is 5.88 Å². The molecular weight excluding hydrogens is 375 g/mol. The fraction of sp³-hybridized carbons (Fsp3) is 0.600. The topological polar surface area (TPSA) is 88.6 Å². The SMILES string of the molecule is CN1CCC(C(=O)NC(C)(C)COc2ncccc2C(F)(F)F)S1(=O)=O. The molecule has 0 spiro atoms. The highest BCUT2D eigenvalue weighted by Crippen LogP contribution is 2.34. The van der Waals surface area contributed by atoms with Crippen molar-refractivity contribution in [3.63, 3.8) is 0 Å². The summed E-state index contributed by atoms with van der Waals surface area (Å²) in [6.45, 7) is 2.96. The van der Waals surface area contributed by atoms with Crippen LogP contribution in [0.4, 0.5) is 13.2 Å². The summed E-state index contributed by atoms with van der Waals surface area (Å²) in [6.07, 6.45) is -3.31. The minimum atomic E-state index is -4.63. The molecule has 1 atom stereocenters. The van der Waals surface area contributed by atoms with Crippen LogP contribution < -0.4 is 10.1 Å². The monoisotopic (exact) mass is 395 g/mol. The highest BCUT2D eigenvalue weighted by molar-refractivity contribution is 7.90. The van der Waals surface area contributed by atoms with Crippen LogP contribution in [0.2, 0.25) is 0 Å². The molecule has 1 unspecified atom stereocenters. The first-order chi connectivity index (χ1) is 11.8. The van der Waals surface area contributed by atoms with Crippen LogP contribution in [0.15, 0.2) is 18.3 Å². The summed E-state index contributed by atoms with van der Waals surface area (Å²) in [5, 5.41) is 1.31. The molecule has 146 valence electrons. The van der Waals surface area contributed by atoms with Gasteiger partial charge < -0.3 is 10.1 Å². The number of sulfonamides is 1. The molecule has 1 N–H and O–H groups in total. The predicted octanol–water partition coefficient (Wildman–Crippen LogP) is 1.41. The first-order valence-electron chi connectivity index (χ1n) is 7.77. The smallest absolute Gasteiger partial charge is 0.421 e. The van der Waals surface area contributed by atoms with Crippen molar-refractivity contribution in [3.8, 4) is 5.88 Å². The Labute approximate surface area is 149 Å². The fourth-order valence-electron chi connectivity index (χ4n) is 2.48. The normalized spacial score (nSPS) is 20.8. The lowest BCUT2D eigenvalue weighted by atomic mass is 10.1. The van der Waals surface area contributed by atoms with Gasteiger partial charge in [0, 0.05) is 19.8 Å². The lowest BCUT2D eigenvalue weighted by Crippen LogP contribution is -2.52. The summed E-state index contributed by atoms with van der Waals surface area (Å²) in [5.41, 5.74) is -2.13. The van der Waals surface area contributed by atoms with E-state index in [9.17, 15) is 26.4 Å². The van der Waals surface area contributed by atoms with Gasteiger partial charge in [-0.3, -0.25) is 4.79 Å². The molecule has 1 amide bonds. The molecule has 1 aliphatic rings. The summed E-state index contributed by atoms with van der Waals surface area (Å²) in [7, 11) is -2.33. The number of rotatable bonds is 5. The number of halogens is 3. The number of aromatic nitrogens is 1. The Morgan fingerprint density at radius 3 is 2.62 bits per heavy atom. The number of carbonyl (C=O) groups is 1. The van der Waals surface area contributed by atoms with E-state index in [1.165, 1.54) is 20.9 Å². The van der Waals surface area contributed by atoms with Crippen LogP contribution in [0.3, 0.4) is 0 Å². The van der Waals surface area contributed by atoms with Crippen LogP contribution in [-0.4, -0.2) is 54.6 Å². The van der Waals surface area contributed by atoms with Crippen molar-refractivity contribution in [1.29, 1.82) is 0 Å². The molecule has 1 fully saturated rings. The molecule has 0 saturated carbocycles. The van der Waals surface area contributed by atoms with Gasteiger partial charge in [-0.25, -0.2) is 17.7 Å². The Morgan fingerprint density at radius 1 is 1.42 bits per heavy atom. The van der Waals surface area contributed by atoms with Crippen LogP contribution >= 0.6 is 0 Å². The van der Waals surface area contributed by atoms with E-state index < -0.39 is 44.3 Å². The quantitative estimate of drug-likeness (QED) is 0.814. The van der Waals surface area contributed by atoms with E-state index in [0.29, 0.717) is 0 Å². The zero-order valence-electron chi connectivity index (χ0n) is 14.5. The average Bonchev–Trinajstić information content (AvgIpc) is 2.78. The molecule has 2 rings (SSSR count). The minimum Gasteiger partial charge on any atom is -0.475 e. The van der Waals surface area contributed by atoms with Gasteiger partial charge in [-0.1, -0.05) is 0 Å². The standard InChI is InChI=1S/C15H20F3N3O4S/c1-14(2,20-12(22)11-6-8-21(3)26(11,23)24)9-25-13-10(15(16,17)18)5-4-7-19-13/h4-5,7,11H,6,8-9H2,1-3H3,(H,20,22). The van der Waals surface area contributed by atoms with E-state index >= 15 is 0 Å². The first kappa shape index (κ1) is 20.4. The maximum absolute atomic E-state index is 12.9. The van der Waals surface area contributed by atoms with Crippen molar-refractivity contribution in [3.05, 3.63) is 23.9 Å². The molecule has 1 aromatic rings. The van der Waals surface area contributed by atoms with Gasteiger partial charge in [0.25, 0.3) is 0 Å². The van der Waals surface area contributed by atoms with Crippen molar-refractivity contribution in [2.75, 3.05) is 20.2 Å². The molecule has 1 aliphatic heterocycles. The van der Waals surface area contributed by atoms with Crippen molar-refractivity contribution in [2.24, 2.45) is 0 Å². The van der Waals surface area contributed by atoms with E-state index in [1.807, 2.05) is 0 Å². The van der Waals surface area contributed by atoms with Crippen LogP contribution in [-0.2, 0) is 21.0 Å². The van der Waals surface area contributed by atoms with Gasteiger partial charge in [-0.2, -0.15) is 13.2 Å². The molecule has 0 aromatic carbocycles. The molecule has 1 aromatic heterocycles. The summed E-state index contributed by atoms with van der Waals surface area (Å²) in [4.78, 5) is 15.9. The third-order valence-corrected chi connectivity index (χ3v) is 6.12. The molecule has 7 nitrogen and oxygen atoms in total. The number of ether oxygens (including phenoxy) is 1. The van der Waals surface area contributed by atoms with Crippen molar-refractivity contribution in [1.82, 2.24) is 14.6 Å². The molecule has 26 heavy (non-hydrogen) atoms. The number of nitrogens with one attached hydrogen (secondary N) is 1. The third-order valence-electron chi connectivity index (χ3n) is 3.90. The fourth-order valence-corrected chi connectivity index (χ4v) is 4.01. The third kappa shape index (κ3) is 4.44. The summed E-state index contributed by atoms with van der Waals surface area (Å²) < 4.78 is 69.2. The molecule has 0 aliphatic carbocycles. The Kier molecular flexibility index (Phi) is 5.52. The average molecular weight is 395 g/mol. The van der Waals surface area contributed by atoms with Crippen LogP contribution in [0.1, 0.15) is 25.8 Å². The highest BCUT2D eigenvalue weighted by Gasteiger charge is 2.43. The number of amides is 1. The van der Waals surface area contributed by atoms with E-state index in [1.54, 1.807) is 0 Å². The van der Waals surface area contributed by atoms with E-state index in [4.69, 9.17) is 4.74 Å². The predicted molar refractivity (Wildman–Crippen MR) is 86.9 cm³/mol. The highest BCUT2D eigenvalue weighted by atomic mass is 32.2. The minimum absolute atomic E-state index is 0.153. The van der Waals surface area contributed by atoms with E-state index in [0.717, 1.165) is 22.6 Å². The summed E-state index contributed by atoms with van der Waals surface area (Å²) >= 11 is 0. The van der Waals surface area contributed by atoms with Crippen molar-refractivity contribution < 1.29 is 31.1 Å². The van der Waals surface area contributed by atoms with E-state index in [-0.39, 0.29) is 19.6 Å². The maximum Gasteiger partial charge on any atom is 0.421 e. The molecule has 11 heteroatoms. The number of hydrogen-bond acceptors (Lipinski definition) is 5. The molecule has 1 saturated heterocycles. The van der Waals surface area contributed by atoms with Crippen LogP contribution in [0, 0.1) is 0 Å². The van der Waals surface area contributed by atoms with Gasteiger partial charge in [-0.05, 0) is 32.4 Å². The lowest BCUT2D eigenvalue weighted by molar-refractivity contribution is -0.139. The van der Waals surface area contributed by atoms with Gasteiger partial charge >= 0.3 is 6.18 Å². The Bertz CT molecular complexity index is 781. The van der Waals surface area contributed by atoms with Crippen molar-refractivity contribution in [2.45, 2.75) is 37.2 Å². The Balaban J connectivity index is 2.05. The largest absolute Gasteiger partial charge is 0.475 e. The number of carbonyl (C=O) groups excluding carboxylic acids is 1. The molecular formula is C15H20F3N3O4S. The van der Waals surface area contributed by atoms with Gasteiger partial charge in [-0.15, -0.1) is 0 Å². The lowest BCUT2D eigenvalue weighted by Gasteiger charge is -2.28. The van der Waals surface area contributed by atoms with E-state index in [2.05, 4.69) is 10.3 Å². The number of pyridine rings is 1. The Hall–Kier alpha value is -1.88. The van der Waals surface area contributed by atoms with Gasteiger partial charge in [0.15, 0.2) is 5.25 Å². The maximum atomic E-state index is 12.9. The number of alkyl halides is 3. The second-order valence-corrected chi connectivity index (χ2v) is 8.88. The second kappa shape index (κ2) is 7.03. The second-order valence-electron chi connectivity index (χ2n) is 6.66. The zero-order valence-corrected chi connectivity index (χ0v) is 15.3. The van der Waals surface area contributed by atoms with Crippen molar-refractivity contribution >= 4 is 15.9 Å². The summed E-state index contributed by atoms with van der Waals surface area (Å²) in [6, 6.07) is 1.99. The number of nitrogens with zero attached hydrogens (tertiary/aromatic N) is 2.